The van der Waals surface area contributed by atoms with Gasteiger partial charge in [0.15, 0.2) is 5.78 Å². The average molecular weight is 376 g/mol. The lowest BCUT2D eigenvalue weighted by atomic mass is 9.99. The van der Waals surface area contributed by atoms with Gasteiger partial charge in [-0.1, -0.05) is 29.8 Å². The molecule has 25 heavy (non-hydrogen) atoms. The molecule has 1 amide bonds. The molecule has 1 fully saturated rings. The Morgan fingerprint density at radius 3 is 2.64 bits per heavy atom. The molecule has 0 radical (unpaired) electrons. The van der Waals surface area contributed by atoms with Gasteiger partial charge in [0.1, 0.15) is 0 Å². The minimum Gasteiger partial charge on any atom is -0.336 e. The molecule has 1 aliphatic heterocycles. The van der Waals surface area contributed by atoms with Crippen LogP contribution in [-0.4, -0.2) is 23.1 Å². The summed E-state index contributed by atoms with van der Waals surface area (Å²) in [5.74, 6) is 0.0592. The number of thiophene rings is 1. The number of amides is 1. The third-order valence-electron chi connectivity index (χ3n) is 4.90. The zero-order chi connectivity index (χ0) is 18.0. The van der Waals surface area contributed by atoms with Crippen LogP contribution in [0.1, 0.15) is 58.1 Å². The van der Waals surface area contributed by atoms with Gasteiger partial charge in [-0.25, -0.2) is 0 Å². The lowest BCUT2D eigenvalue weighted by Gasteiger charge is -2.25. The van der Waals surface area contributed by atoms with Crippen LogP contribution < -0.4 is 0 Å². The lowest BCUT2D eigenvalue weighted by Crippen LogP contribution is -2.30. The van der Waals surface area contributed by atoms with Gasteiger partial charge in [-0.05, 0) is 55.5 Å². The number of nitrogens with zero attached hydrogens (tertiary/aromatic N) is 1. The number of carbonyl (C=O) groups is 2. The lowest BCUT2D eigenvalue weighted by molar-refractivity contribution is -0.132. The summed E-state index contributed by atoms with van der Waals surface area (Å²) in [5.41, 5.74) is 3.71. The van der Waals surface area contributed by atoms with E-state index in [0.717, 1.165) is 19.4 Å². The fourth-order valence-corrected chi connectivity index (χ4v) is 4.35. The number of halogens is 1. The maximum Gasteiger partial charge on any atom is 0.223 e. The Labute approximate surface area is 157 Å². The zero-order valence-corrected chi connectivity index (χ0v) is 16.1. The molecule has 5 heteroatoms. The van der Waals surface area contributed by atoms with E-state index >= 15 is 0 Å². The highest BCUT2D eigenvalue weighted by Gasteiger charge is 2.30. The van der Waals surface area contributed by atoms with E-state index in [4.69, 9.17) is 11.6 Å². The van der Waals surface area contributed by atoms with E-state index in [1.54, 1.807) is 12.1 Å². The number of aryl methyl sites for hydroxylation is 2. The van der Waals surface area contributed by atoms with Gasteiger partial charge in [0.2, 0.25) is 5.91 Å². The summed E-state index contributed by atoms with van der Waals surface area (Å²) in [7, 11) is 0. The monoisotopic (exact) mass is 375 g/mol. The third-order valence-corrected chi connectivity index (χ3v) is 6.18. The highest BCUT2D eigenvalue weighted by atomic mass is 35.5. The molecular formula is C20H22ClNO2S. The summed E-state index contributed by atoms with van der Waals surface area (Å²) in [6.07, 6.45) is 2.50. The molecule has 0 bridgehead atoms. The van der Waals surface area contributed by atoms with Crippen molar-refractivity contribution in [3.8, 4) is 0 Å². The van der Waals surface area contributed by atoms with Gasteiger partial charge < -0.3 is 4.90 Å². The molecule has 0 spiro atoms. The van der Waals surface area contributed by atoms with Crippen molar-refractivity contribution in [2.24, 2.45) is 0 Å². The van der Waals surface area contributed by atoms with E-state index < -0.39 is 0 Å². The molecule has 1 aliphatic rings. The van der Waals surface area contributed by atoms with Gasteiger partial charge in [-0.2, -0.15) is 0 Å². The molecule has 0 saturated carbocycles. The second-order valence-corrected chi connectivity index (χ2v) is 8.33. The number of carbonyl (C=O) groups excluding carboxylic acids is 2. The molecule has 1 saturated heterocycles. The summed E-state index contributed by atoms with van der Waals surface area (Å²) < 4.78 is 0.601. The molecule has 2 heterocycles. The van der Waals surface area contributed by atoms with E-state index in [9.17, 15) is 9.59 Å². The van der Waals surface area contributed by atoms with Crippen molar-refractivity contribution in [1.29, 1.82) is 0 Å². The Bertz CT molecular complexity index is 799. The van der Waals surface area contributed by atoms with Crippen LogP contribution in [0.4, 0.5) is 0 Å². The highest BCUT2D eigenvalue weighted by molar-refractivity contribution is 7.18. The van der Waals surface area contributed by atoms with Gasteiger partial charge in [0.05, 0.1) is 15.3 Å². The first kappa shape index (κ1) is 18.2. The fourth-order valence-electron chi connectivity index (χ4n) is 3.34. The van der Waals surface area contributed by atoms with Crippen LogP contribution in [0.3, 0.4) is 0 Å². The standard InChI is InChI=1S/C20H22ClNO2S/c1-13-5-6-15(12-14(13)2)16-4-3-11-22(16)20(24)10-7-17(23)18-8-9-19(21)25-18/h5-6,8-9,12,16H,3-4,7,10-11H2,1-2H3. The number of hydrogen-bond acceptors (Lipinski definition) is 3. The number of ketones is 1. The van der Waals surface area contributed by atoms with Crippen molar-refractivity contribution in [1.82, 2.24) is 4.90 Å². The van der Waals surface area contributed by atoms with E-state index in [-0.39, 0.29) is 30.6 Å². The van der Waals surface area contributed by atoms with E-state index in [0.29, 0.717) is 9.21 Å². The Morgan fingerprint density at radius 1 is 1.16 bits per heavy atom. The van der Waals surface area contributed by atoms with Crippen molar-refractivity contribution in [3.05, 3.63) is 56.2 Å². The summed E-state index contributed by atoms with van der Waals surface area (Å²) in [4.78, 5) is 27.4. The van der Waals surface area contributed by atoms with E-state index in [2.05, 4.69) is 32.0 Å². The first-order valence-corrected chi connectivity index (χ1v) is 9.80. The molecule has 1 unspecified atom stereocenters. The average Bonchev–Trinajstić information content (AvgIpc) is 3.24. The molecule has 1 aromatic carbocycles. The number of rotatable bonds is 5. The van der Waals surface area contributed by atoms with Gasteiger partial charge in [-0.15, -0.1) is 11.3 Å². The number of hydrogen-bond donors (Lipinski definition) is 0. The zero-order valence-electron chi connectivity index (χ0n) is 14.5. The summed E-state index contributed by atoms with van der Waals surface area (Å²) in [6.45, 7) is 4.97. The van der Waals surface area contributed by atoms with Crippen molar-refractivity contribution < 1.29 is 9.59 Å². The molecule has 1 aromatic heterocycles. The normalized spacial score (nSPS) is 17.1. The highest BCUT2D eigenvalue weighted by Crippen LogP contribution is 2.33. The molecule has 0 N–H and O–H groups in total. The molecule has 1 atom stereocenters. The number of Topliss-reactive ketones (excluding diaryl/α,β-unsaturated/α-hetero) is 1. The molecule has 0 aliphatic carbocycles. The number of likely N-dealkylation sites (tertiary alicyclic amines) is 1. The first-order valence-electron chi connectivity index (χ1n) is 8.61. The quantitative estimate of drug-likeness (QED) is 0.661. The molecule has 132 valence electrons. The minimum atomic E-state index is -0.00724. The maximum absolute atomic E-state index is 12.7. The second-order valence-electron chi connectivity index (χ2n) is 6.62. The van der Waals surface area contributed by atoms with Crippen LogP contribution in [0.2, 0.25) is 4.34 Å². The Hall–Kier alpha value is -1.65. The summed E-state index contributed by atoms with van der Waals surface area (Å²) >= 11 is 7.14. The Balaban J connectivity index is 1.64. The van der Waals surface area contributed by atoms with Crippen LogP contribution in [0, 0.1) is 13.8 Å². The predicted octanol–water partition coefficient (Wildman–Crippen LogP) is 5.34. The molecule has 2 aromatic rings. The van der Waals surface area contributed by atoms with Gasteiger partial charge in [0.25, 0.3) is 0 Å². The SMILES string of the molecule is Cc1ccc(C2CCCN2C(=O)CCC(=O)c2ccc(Cl)s2)cc1C. The van der Waals surface area contributed by atoms with Crippen LogP contribution in [0.25, 0.3) is 0 Å². The van der Waals surface area contributed by atoms with Crippen molar-refractivity contribution >= 4 is 34.6 Å². The smallest absolute Gasteiger partial charge is 0.223 e. The van der Waals surface area contributed by atoms with Crippen LogP contribution in [0.15, 0.2) is 30.3 Å². The van der Waals surface area contributed by atoms with Gasteiger partial charge >= 0.3 is 0 Å². The van der Waals surface area contributed by atoms with Gasteiger partial charge in [0, 0.05) is 19.4 Å². The Kier molecular flexibility index (Phi) is 5.60. The predicted molar refractivity (Wildman–Crippen MR) is 102 cm³/mol. The minimum absolute atomic E-state index is 0.00724. The van der Waals surface area contributed by atoms with Crippen molar-refractivity contribution in [2.45, 2.75) is 45.6 Å². The van der Waals surface area contributed by atoms with Crippen molar-refractivity contribution in [2.75, 3.05) is 6.54 Å². The Morgan fingerprint density at radius 2 is 1.96 bits per heavy atom. The fraction of sp³-hybridized carbons (Fsp3) is 0.400. The number of benzene rings is 1. The van der Waals surface area contributed by atoms with Crippen LogP contribution >= 0.6 is 22.9 Å². The molecule has 3 rings (SSSR count). The van der Waals surface area contributed by atoms with Crippen LogP contribution in [-0.2, 0) is 4.79 Å². The summed E-state index contributed by atoms with van der Waals surface area (Å²) in [6, 6.07) is 10.0. The third kappa shape index (κ3) is 4.13. The maximum atomic E-state index is 12.7. The topological polar surface area (TPSA) is 37.4 Å². The first-order chi connectivity index (χ1) is 12.0. The van der Waals surface area contributed by atoms with Gasteiger partial charge in [-0.3, -0.25) is 9.59 Å². The van der Waals surface area contributed by atoms with Crippen molar-refractivity contribution in [3.63, 3.8) is 0 Å². The molecule has 3 nitrogen and oxygen atoms in total. The van der Waals surface area contributed by atoms with E-state index in [1.807, 2.05) is 4.90 Å². The second kappa shape index (κ2) is 7.71. The van der Waals surface area contributed by atoms with Crippen LogP contribution in [0.5, 0.6) is 0 Å². The molecular weight excluding hydrogens is 354 g/mol. The van der Waals surface area contributed by atoms with E-state index in [1.165, 1.54) is 28.0 Å². The summed E-state index contributed by atoms with van der Waals surface area (Å²) in [5, 5.41) is 0. The largest absolute Gasteiger partial charge is 0.336 e.